The summed E-state index contributed by atoms with van der Waals surface area (Å²) in [6, 6.07) is 0. The maximum absolute atomic E-state index is 11.3. The van der Waals surface area contributed by atoms with Crippen molar-refractivity contribution in [3.8, 4) is 0 Å². The van der Waals surface area contributed by atoms with Crippen molar-refractivity contribution in [2.75, 3.05) is 25.1 Å². The quantitative estimate of drug-likeness (QED) is 0.744. The van der Waals surface area contributed by atoms with Gasteiger partial charge in [-0.15, -0.1) is 0 Å². The fraction of sp³-hybridized carbons (Fsp3) is 0.615. The van der Waals surface area contributed by atoms with E-state index in [0.717, 1.165) is 19.0 Å². The highest BCUT2D eigenvalue weighted by Crippen LogP contribution is 2.48. The van der Waals surface area contributed by atoms with Gasteiger partial charge in [-0.25, -0.2) is 14.8 Å². The third-order valence-corrected chi connectivity index (χ3v) is 4.19. The van der Waals surface area contributed by atoms with E-state index in [1.165, 1.54) is 32.8 Å². The normalized spacial score (nSPS) is 20.8. The first-order valence-electron chi connectivity index (χ1n) is 6.38. The van der Waals surface area contributed by atoms with E-state index in [1.54, 1.807) is 12.4 Å². The zero-order chi connectivity index (χ0) is 12.6. The van der Waals surface area contributed by atoms with Crippen molar-refractivity contribution >= 4 is 11.9 Å². The number of carbonyl (C=O) groups is 1. The van der Waals surface area contributed by atoms with Crippen molar-refractivity contribution in [2.45, 2.75) is 25.7 Å². The summed E-state index contributed by atoms with van der Waals surface area (Å²) < 4.78 is 4.63. The van der Waals surface area contributed by atoms with Crippen LogP contribution in [0.5, 0.6) is 0 Å². The Morgan fingerprint density at radius 2 is 2.06 bits per heavy atom. The zero-order valence-corrected chi connectivity index (χ0v) is 10.6. The number of esters is 1. The van der Waals surface area contributed by atoms with Crippen LogP contribution >= 0.6 is 0 Å². The van der Waals surface area contributed by atoms with Gasteiger partial charge in [-0.2, -0.15) is 0 Å². The van der Waals surface area contributed by atoms with Crippen LogP contribution in [0.1, 0.15) is 36.0 Å². The molecule has 0 atom stereocenters. The molecule has 0 radical (unpaired) electrons. The highest BCUT2D eigenvalue weighted by molar-refractivity contribution is 5.88. The Kier molecular flexibility index (Phi) is 2.69. The van der Waals surface area contributed by atoms with Crippen LogP contribution < -0.4 is 4.90 Å². The molecule has 0 N–H and O–H groups in total. The van der Waals surface area contributed by atoms with E-state index in [4.69, 9.17) is 0 Å². The van der Waals surface area contributed by atoms with Crippen LogP contribution in [0, 0.1) is 5.41 Å². The summed E-state index contributed by atoms with van der Waals surface area (Å²) in [4.78, 5) is 22.0. The molecule has 1 aliphatic carbocycles. The zero-order valence-electron chi connectivity index (χ0n) is 10.6. The maximum atomic E-state index is 11.3. The molecule has 0 amide bonds. The average molecular weight is 247 g/mol. The van der Waals surface area contributed by atoms with Crippen LogP contribution in [0.15, 0.2) is 12.4 Å². The third-order valence-electron chi connectivity index (χ3n) is 4.19. The van der Waals surface area contributed by atoms with Gasteiger partial charge in [0.05, 0.1) is 12.7 Å². The Labute approximate surface area is 106 Å². The van der Waals surface area contributed by atoms with E-state index in [-0.39, 0.29) is 0 Å². The number of carbonyl (C=O) groups excluding carboxylic acids is 1. The second kappa shape index (κ2) is 4.23. The number of ether oxygens (including phenoxy) is 1. The summed E-state index contributed by atoms with van der Waals surface area (Å²) in [5.41, 5.74) is 0.934. The second-order valence-corrected chi connectivity index (χ2v) is 5.29. The molecule has 2 aliphatic rings. The summed E-state index contributed by atoms with van der Waals surface area (Å²) in [6.07, 6.45) is 8.36. The lowest BCUT2D eigenvalue weighted by Crippen LogP contribution is -2.33. The van der Waals surface area contributed by atoms with E-state index < -0.39 is 5.97 Å². The van der Waals surface area contributed by atoms with Gasteiger partial charge >= 0.3 is 5.97 Å². The largest absolute Gasteiger partial charge is 0.465 e. The van der Waals surface area contributed by atoms with Crippen molar-refractivity contribution in [1.29, 1.82) is 0 Å². The number of nitrogens with zero attached hydrogens (tertiary/aromatic N) is 3. The highest BCUT2D eigenvalue weighted by atomic mass is 16.5. The maximum Gasteiger partial charge on any atom is 0.341 e. The standard InChI is InChI=1S/C13H17N3O2/c1-18-11(17)10-7-14-12(15-8-10)16-6-5-13(9-16)3-2-4-13/h7-8H,2-6,9H2,1H3. The molecule has 1 aliphatic heterocycles. The Morgan fingerprint density at radius 3 is 2.56 bits per heavy atom. The lowest BCUT2D eigenvalue weighted by molar-refractivity contribution is 0.0600. The van der Waals surface area contributed by atoms with Gasteiger partial charge in [-0.3, -0.25) is 0 Å². The molecule has 0 bridgehead atoms. The molecule has 1 spiro atoms. The average Bonchev–Trinajstić information content (AvgIpc) is 2.83. The highest BCUT2D eigenvalue weighted by Gasteiger charge is 2.43. The van der Waals surface area contributed by atoms with Gasteiger partial charge in [-0.05, 0) is 24.7 Å². The van der Waals surface area contributed by atoms with Gasteiger partial charge in [0.2, 0.25) is 5.95 Å². The number of methoxy groups -OCH3 is 1. The SMILES string of the molecule is COC(=O)c1cnc(N2CCC3(CCC3)C2)nc1. The Balaban J connectivity index is 1.72. The van der Waals surface area contributed by atoms with Gasteiger partial charge in [-0.1, -0.05) is 6.42 Å². The van der Waals surface area contributed by atoms with Crippen LogP contribution in [0.4, 0.5) is 5.95 Å². The van der Waals surface area contributed by atoms with E-state index in [0.29, 0.717) is 11.0 Å². The molecule has 5 heteroatoms. The van der Waals surface area contributed by atoms with Crippen molar-refractivity contribution in [3.05, 3.63) is 18.0 Å². The predicted molar refractivity (Wildman–Crippen MR) is 66.5 cm³/mol. The molecule has 1 aromatic rings. The first-order chi connectivity index (χ1) is 8.72. The molecule has 3 rings (SSSR count). The molecule has 0 unspecified atom stereocenters. The summed E-state index contributed by atoms with van der Waals surface area (Å²) >= 11 is 0. The smallest absolute Gasteiger partial charge is 0.341 e. The van der Waals surface area contributed by atoms with Gasteiger partial charge in [0.25, 0.3) is 0 Å². The predicted octanol–water partition coefficient (Wildman–Crippen LogP) is 1.64. The van der Waals surface area contributed by atoms with Gasteiger partial charge in [0.15, 0.2) is 0 Å². The van der Waals surface area contributed by atoms with Crippen molar-refractivity contribution in [1.82, 2.24) is 9.97 Å². The Hall–Kier alpha value is -1.65. The Bertz CT molecular complexity index is 454. The minimum absolute atomic E-state index is 0.390. The lowest BCUT2D eigenvalue weighted by Gasteiger charge is -2.37. The number of aromatic nitrogens is 2. The van der Waals surface area contributed by atoms with E-state index >= 15 is 0 Å². The van der Waals surface area contributed by atoms with E-state index in [2.05, 4.69) is 19.6 Å². The van der Waals surface area contributed by atoms with Gasteiger partial charge in [0.1, 0.15) is 0 Å². The first kappa shape index (κ1) is 11.4. The van der Waals surface area contributed by atoms with Gasteiger partial charge < -0.3 is 9.64 Å². The molecule has 1 saturated carbocycles. The molecular formula is C13H17N3O2. The summed E-state index contributed by atoms with van der Waals surface area (Å²) in [5.74, 6) is 0.338. The number of rotatable bonds is 2. The Morgan fingerprint density at radius 1 is 1.33 bits per heavy atom. The van der Waals surface area contributed by atoms with Crippen molar-refractivity contribution < 1.29 is 9.53 Å². The molecule has 96 valence electrons. The summed E-state index contributed by atoms with van der Waals surface area (Å²) in [6.45, 7) is 2.09. The van der Waals surface area contributed by atoms with Gasteiger partial charge in [0, 0.05) is 25.5 Å². The fourth-order valence-corrected chi connectivity index (χ4v) is 2.90. The summed E-state index contributed by atoms with van der Waals surface area (Å²) in [7, 11) is 1.36. The van der Waals surface area contributed by atoms with Crippen LogP contribution in [0.25, 0.3) is 0 Å². The first-order valence-corrected chi connectivity index (χ1v) is 6.38. The minimum Gasteiger partial charge on any atom is -0.465 e. The van der Waals surface area contributed by atoms with Crippen LogP contribution in [-0.4, -0.2) is 36.1 Å². The minimum atomic E-state index is -0.390. The second-order valence-electron chi connectivity index (χ2n) is 5.29. The molecule has 2 fully saturated rings. The third kappa shape index (κ3) is 1.83. The summed E-state index contributed by atoms with van der Waals surface area (Å²) in [5, 5.41) is 0. The molecule has 1 saturated heterocycles. The molecule has 1 aromatic heterocycles. The number of hydrogen-bond donors (Lipinski definition) is 0. The molecular weight excluding hydrogens is 230 g/mol. The lowest BCUT2D eigenvalue weighted by atomic mass is 9.68. The molecule has 0 aromatic carbocycles. The van der Waals surface area contributed by atoms with E-state index in [1.807, 2.05) is 0 Å². The molecule has 18 heavy (non-hydrogen) atoms. The topological polar surface area (TPSA) is 55.3 Å². The van der Waals surface area contributed by atoms with Crippen LogP contribution in [0.3, 0.4) is 0 Å². The fourth-order valence-electron chi connectivity index (χ4n) is 2.90. The van der Waals surface area contributed by atoms with Crippen molar-refractivity contribution in [2.24, 2.45) is 5.41 Å². The molecule has 2 heterocycles. The monoisotopic (exact) mass is 247 g/mol. The number of hydrogen-bond acceptors (Lipinski definition) is 5. The molecule has 5 nitrogen and oxygen atoms in total. The van der Waals surface area contributed by atoms with Crippen LogP contribution in [-0.2, 0) is 4.74 Å². The van der Waals surface area contributed by atoms with E-state index in [9.17, 15) is 4.79 Å². The number of anilines is 1. The van der Waals surface area contributed by atoms with Crippen molar-refractivity contribution in [3.63, 3.8) is 0 Å². The van der Waals surface area contributed by atoms with Crippen LogP contribution in [0.2, 0.25) is 0 Å².